The van der Waals surface area contributed by atoms with Gasteiger partial charge in [-0.15, -0.1) is 0 Å². The van der Waals surface area contributed by atoms with Gasteiger partial charge in [-0.05, 0) is 24.6 Å². The Bertz CT molecular complexity index is 889. The smallest absolute Gasteiger partial charge is 0.386 e. The molecule has 0 aliphatic heterocycles. The summed E-state index contributed by atoms with van der Waals surface area (Å²) in [5.41, 5.74) is 0.827. The van der Waals surface area contributed by atoms with Crippen molar-refractivity contribution >= 4 is 19.8 Å². The second kappa shape index (κ2) is 9.01. The fraction of sp³-hybridized carbons (Fsp3) is 0.100. The minimum atomic E-state index is -4.59. The fourth-order valence-electron chi connectivity index (χ4n) is 1.93. The number of hydrogen-bond acceptors (Lipinski definition) is 6. The molecule has 27 heavy (non-hydrogen) atoms. The SMILES string of the molecule is C=C(C)C(=O)OP(=O)(OC(=O)C(=C)Cc1ccccc1)Oc1ccccc1. The van der Waals surface area contributed by atoms with Crippen molar-refractivity contribution in [2.75, 3.05) is 0 Å². The molecule has 0 aromatic heterocycles. The third kappa shape index (κ3) is 6.28. The number of para-hydroxylation sites is 1. The zero-order chi connectivity index (χ0) is 19.9. The van der Waals surface area contributed by atoms with E-state index in [4.69, 9.17) is 13.6 Å². The molecule has 0 N–H and O–H groups in total. The molecule has 0 fully saturated rings. The van der Waals surface area contributed by atoms with Crippen LogP contribution in [0.5, 0.6) is 5.75 Å². The quantitative estimate of drug-likeness (QED) is 0.486. The van der Waals surface area contributed by atoms with Gasteiger partial charge in [0.1, 0.15) is 5.75 Å². The standard InChI is InChI=1S/C20H19O6P/c1-15(2)19(21)25-27(23,24-18-12-8-5-9-13-18)26-20(22)16(3)14-17-10-6-4-7-11-17/h4-13H,1,3,14H2,2H3. The Labute approximate surface area is 157 Å². The first-order chi connectivity index (χ1) is 12.8. The van der Waals surface area contributed by atoms with Crippen LogP contribution in [0.3, 0.4) is 0 Å². The van der Waals surface area contributed by atoms with Crippen LogP contribution < -0.4 is 4.52 Å². The van der Waals surface area contributed by atoms with Crippen molar-refractivity contribution < 1.29 is 27.7 Å². The first-order valence-corrected chi connectivity index (χ1v) is 9.45. The van der Waals surface area contributed by atoms with Crippen molar-refractivity contribution in [3.63, 3.8) is 0 Å². The molecule has 2 rings (SSSR count). The maximum Gasteiger partial charge on any atom is 0.652 e. The molecule has 1 atom stereocenters. The molecule has 0 spiro atoms. The van der Waals surface area contributed by atoms with Crippen LogP contribution in [-0.4, -0.2) is 11.9 Å². The Hall–Kier alpha value is -3.11. The summed E-state index contributed by atoms with van der Waals surface area (Å²) in [5, 5.41) is 0. The van der Waals surface area contributed by atoms with Crippen molar-refractivity contribution in [3.05, 3.63) is 90.5 Å². The highest BCUT2D eigenvalue weighted by Crippen LogP contribution is 2.50. The number of phosphoric acid groups is 1. The Morgan fingerprint density at radius 2 is 1.41 bits per heavy atom. The monoisotopic (exact) mass is 386 g/mol. The minimum Gasteiger partial charge on any atom is -0.386 e. The molecule has 0 bridgehead atoms. The molecule has 0 amide bonds. The van der Waals surface area contributed by atoms with Crippen LogP contribution in [0, 0.1) is 0 Å². The predicted molar refractivity (Wildman–Crippen MR) is 101 cm³/mol. The summed E-state index contributed by atoms with van der Waals surface area (Å²) in [6, 6.07) is 17.0. The van der Waals surface area contributed by atoms with Crippen molar-refractivity contribution in [1.29, 1.82) is 0 Å². The van der Waals surface area contributed by atoms with Crippen molar-refractivity contribution in [1.82, 2.24) is 0 Å². The molecule has 0 aliphatic rings. The topological polar surface area (TPSA) is 78.9 Å². The normalized spacial score (nSPS) is 12.3. The van der Waals surface area contributed by atoms with Crippen molar-refractivity contribution in [2.45, 2.75) is 13.3 Å². The van der Waals surface area contributed by atoms with Crippen LogP contribution >= 0.6 is 7.82 Å². The van der Waals surface area contributed by atoms with E-state index in [0.717, 1.165) is 5.56 Å². The van der Waals surface area contributed by atoms with E-state index in [-0.39, 0.29) is 23.3 Å². The molecule has 2 aromatic rings. The molecule has 0 radical (unpaired) electrons. The van der Waals surface area contributed by atoms with Gasteiger partial charge in [-0.25, -0.2) is 9.59 Å². The van der Waals surface area contributed by atoms with E-state index in [1.807, 2.05) is 18.2 Å². The fourth-order valence-corrected chi connectivity index (χ4v) is 3.11. The average molecular weight is 386 g/mol. The molecular formula is C20H19O6P. The van der Waals surface area contributed by atoms with Gasteiger partial charge in [-0.3, -0.25) is 0 Å². The summed E-state index contributed by atoms with van der Waals surface area (Å²) < 4.78 is 27.7. The highest BCUT2D eigenvalue weighted by Gasteiger charge is 2.38. The van der Waals surface area contributed by atoms with Crippen molar-refractivity contribution in [2.24, 2.45) is 0 Å². The van der Waals surface area contributed by atoms with Crippen LogP contribution in [0.2, 0.25) is 0 Å². The number of hydrogen-bond donors (Lipinski definition) is 0. The lowest BCUT2D eigenvalue weighted by molar-refractivity contribution is -0.135. The molecular weight excluding hydrogens is 367 g/mol. The summed E-state index contributed by atoms with van der Waals surface area (Å²) in [6.45, 7) is 8.42. The molecule has 140 valence electrons. The molecule has 6 nitrogen and oxygen atoms in total. The van der Waals surface area contributed by atoms with E-state index < -0.39 is 19.8 Å². The number of carbonyl (C=O) groups excluding carboxylic acids is 2. The van der Waals surface area contributed by atoms with Gasteiger partial charge in [0.2, 0.25) is 0 Å². The van der Waals surface area contributed by atoms with E-state index in [9.17, 15) is 14.2 Å². The van der Waals surface area contributed by atoms with Crippen LogP contribution in [0.15, 0.2) is 85.0 Å². The van der Waals surface area contributed by atoms with Gasteiger partial charge in [-0.2, -0.15) is 4.57 Å². The van der Waals surface area contributed by atoms with Gasteiger partial charge < -0.3 is 13.6 Å². The number of carbonyl (C=O) groups is 2. The summed E-state index contributed by atoms with van der Waals surface area (Å²) in [6.07, 6.45) is 0.180. The lowest BCUT2D eigenvalue weighted by Crippen LogP contribution is -2.15. The summed E-state index contributed by atoms with van der Waals surface area (Å²) in [4.78, 5) is 24.1. The molecule has 1 unspecified atom stereocenters. The lowest BCUT2D eigenvalue weighted by Gasteiger charge is -2.18. The molecule has 0 saturated carbocycles. The van der Waals surface area contributed by atoms with Gasteiger partial charge in [0.15, 0.2) is 0 Å². The highest BCUT2D eigenvalue weighted by atomic mass is 31.2. The van der Waals surface area contributed by atoms with E-state index in [1.54, 1.807) is 30.3 Å². The van der Waals surface area contributed by atoms with E-state index in [2.05, 4.69) is 13.2 Å². The predicted octanol–water partition coefficient (Wildman–Crippen LogP) is 4.63. The summed E-state index contributed by atoms with van der Waals surface area (Å²) in [7, 11) is -4.59. The van der Waals surface area contributed by atoms with Gasteiger partial charge in [0.05, 0.1) is 0 Å². The van der Waals surface area contributed by atoms with Crippen LogP contribution in [-0.2, 0) is 29.6 Å². The zero-order valence-corrected chi connectivity index (χ0v) is 15.7. The largest absolute Gasteiger partial charge is 0.652 e. The van der Waals surface area contributed by atoms with E-state index in [1.165, 1.54) is 19.1 Å². The lowest BCUT2D eigenvalue weighted by atomic mass is 10.1. The first kappa shape index (κ1) is 20.2. The van der Waals surface area contributed by atoms with Gasteiger partial charge in [-0.1, -0.05) is 61.7 Å². The van der Waals surface area contributed by atoms with Crippen LogP contribution in [0.4, 0.5) is 0 Å². The molecule has 0 aliphatic carbocycles. The van der Waals surface area contributed by atoms with Gasteiger partial charge in [0.25, 0.3) is 0 Å². The summed E-state index contributed by atoms with van der Waals surface area (Å²) >= 11 is 0. The maximum atomic E-state index is 12.9. The number of benzene rings is 2. The second-order valence-corrected chi connectivity index (χ2v) is 7.10. The van der Waals surface area contributed by atoms with Crippen LogP contribution in [0.1, 0.15) is 12.5 Å². The first-order valence-electron chi connectivity index (χ1n) is 7.99. The minimum absolute atomic E-state index is 0.0222. The average Bonchev–Trinajstić information content (AvgIpc) is 2.62. The Morgan fingerprint density at radius 1 is 0.889 bits per heavy atom. The molecule has 2 aromatic carbocycles. The van der Waals surface area contributed by atoms with Crippen LogP contribution in [0.25, 0.3) is 0 Å². The zero-order valence-electron chi connectivity index (χ0n) is 14.8. The molecule has 0 saturated heterocycles. The highest BCUT2D eigenvalue weighted by molar-refractivity contribution is 7.50. The Morgan fingerprint density at radius 3 is 1.96 bits per heavy atom. The molecule has 7 heteroatoms. The van der Waals surface area contributed by atoms with Gasteiger partial charge in [0, 0.05) is 17.6 Å². The third-order valence-electron chi connectivity index (χ3n) is 3.25. The van der Waals surface area contributed by atoms with Crippen molar-refractivity contribution in [3.8, 4) is 5.75 Å². The number of phosphoric ester groups is 1. The molecule has 0 heterocycles. The maximum absolute atomic E-state index is 12.9. The Balaban J connectivity index is 2.16. The number of rotatable bonds is 8. The Kier molecular flexibility index (Phi) is 6.74. The third-order valence-corrected chi connectivity index (χ3v) is 4.46. The van der Waals surface area contributed by atoms with Gasteiger partial charge >= 0.3 is 19.8 Å². The van der Waals surface area contributed by atoms with E-state index >= 15 is 0 Å². The summed E-state index contributed by atoms with van der Waals surface area (Å²) in [5.74, 6) is -1.89. The van der Waals surface area contributed by atoms with E-state index in [0.29, 0.717) is 0 Å². The second-order valence-electron chi connectivity index (χ2n) is 5.66.